The molecule has 90 valence electrons. The minimum absolute atomic E-state index is 0.235. The van der Waals surface area contributed by atoms with Gasteiger partial charge in [-0.1, -0.05) is 0 Å². The number of hydrogen-bond donors (Lipinski definition) is 2. The molecule has 0 aromatic carbocycles. The topological polar surface area (TPSA) is 90.8 Å². The minimum Gasteiger partial charge on any atom is -0.394 e. The third-order valence-electron chi connectivity index (χ3n) is 2.50. The van der Waals surface area contributed by atoms with Gasteiger partial charge in [0.2, 0.25) is 0 Å². The molecule has 0 unspecified atom stereocenters. The van der Waals surface area contributed by atoms with Crippen molar-refractivity contribution in [3.05, 3.63) is 23.7 Å². The second-order valence-corrected chi connectivity index (χ2v) is 3.67. The quantitative estimate of drug-likeness (QED) is 0.756. The Morgan fingerprint density at radius 3 is 2.71 bits per heavy atom. The van der Waals surface area contributed by atoms with Crippen molar-refractivity contribution in [2.24, 2.45) is 7.05 Å². The van der Waals surface area contributed by atoms with Gasteiger partial charge in [-0.25, -0.2) is 9.36 Å². The number of carbonyl (C=O) groups excluding carboxylic acids is 1. The molecule has 0 aliphatic carbocycles. The van der Waals surface area contributed by atoms with Gasteiger partial charge in [-0.15, -0.1) is 0 Å². The highest BCUT2D eigenvalue weighted by Crippen LogP contribution is 2.19. The van der Waals surface area contributed by atoms with Gasteiger partial charge in [0, 0.05) is 20.3 Å². The third-order valence-corrected chi connectivity index (χ3v) is 2.50. The average molecular weight is 234 g/mol. The first-order chi connectivity index (χ1) is 8.04. The van der Waals surface area contributed by atoms with Gasteiger partial charge in [0.05, 0.1) is 11.4 Å². The van der Waals surface area contributed by atoms with Crippen molar-refractivity contribution < 1.29 is 4.79 Å². The summed E-state index contributed by atoms with van der Waals surface area (Å²) in [4.78, 5) is 11.4. The number of hydrogen-bond acceptors (Lipinski definition) is 4. The van der Waals surface area contributed by atoms with Crippen LogP contribution in [0.5, 0.6) is 0 Å². The Bertz CT molecular complexity index is 567. The van der Waals surface area contributed by atoms with Crippen LogP contribution in [0, 0.1) is 6.92 Å². The monoisotopic (exact) mass is 234 g/mol. The largest absolute Gasteiger partial charge is 0.394 e. The number of nitrogen functional groups attached to an aromatic ring is 1. The summed E-state index contributed by atoms with van der Waals surface area (Å²) in [7, 11) is 3.34. The molecule has 17 heavy (non-hydrogen) atoms. The molecule has 2 aromatic rings. The second-order valence-electron chi connectivity index (χ2n) is 3.67. The zero-order valence-electron chi connectivity index (χ0n) is 9.93. The molecule has 0 saturated carbocycles. The van der Waals surface area contributed by atoms with Crippen LogP contribution >= 0.6 is 0 Å². The normalized spacial score (nSPS) is 10.5. The van der Waals surface area contributed by atoms with E-state index in [4.69, 9.17) is 5.73 Å². The van der Waals surface area contributed by atoms with Crippen LogP contribution in [-0.2, 0) is 7.05 Å². The number of carbonyl (C=O) groups is 1. The van der Waals surface area contributed by atoms with Crippen molar-refractivity contribution in [3.63, 3.8) is 0 Å². The van der Waals surface area contributed by atoms with Gasteiger partial charge < -0.3 is 11.1 Å². The van der Waals surface area contributed by atoms with E-state index in [1.807, 2.05) is 6.92 Å². The number of anilines is 1. The van der Waals surface area contributed by atoms with E-state index in [0.717, 1.165) is 5.69 Å². The lowest BCUT2D eigenvalue weighted by Gasteiger charge is -2.02. The summed E-state index contributed by atoms with van der Waals surface area (Å²) in [6.45, 7) is 1.82. The van der Waals surface area contributed by atoms with Gasteiger partial charge in [-0.2, -0.15) is 10.2 Å². The van der Waals surface area contributed by atoms with Crippen molar-refractivity contribution in [2.75, 3.05) is 12.8 Å². The fourth-order valence-corrected chi connectivity index (χ4v) is 1.63. The van der Waals surface area contributed by atoms with Gasteiger partial charge in [0.25, 0.3) is 5.91 Å². The highest BCUT2D eigenvalue weighted by Gasteiger charge is 2.14. The molecule has 1 amide bonds. The van der Waals surface area contributed by atoms with Crippen LogP contribution in [-0.4, -0.2) is 32.5 Å². The summed E-state index contributed by atoms with van der Waals surface area (Å²) in [5, 5.41) is 10.9. The van der Waals surface area contributed by atoms with Crippen molar-refractivity contribution >= 4 is 11.6 Å². The Labute approximate surface area is 98.2 Å². The van der Waals surface area contributed by atoms with Crippen molar-refractivity contribution in [3.8, 4) is 5.82 Å². The molecular formula is C10H14N6O. The number of aryl methyl sites for hydroxylation is 2. The van der Waals surface area contributed by atoms with Gasteiger partial charge in [0.15, 0.2) is 11.5 Å². The van der Waals surface area contributed by atoms with E-state index in [9.17, 15) is 4.79 Å². The molecule has 0 aliphatic heterocycles. The minimum atomic E-state index is -0.235. The molecule has 3 N–H and O–H groups in total. The Morgan fingerprint density at radius 2 is 2.18 bits per heavy atom. The SMILES string of the molecule is CNC(=O)c1ccn(-c2c(N)c(C)nn2C)n1. The molecule has 0 radical (unpaired) electrons. The second kappa shape index (κ2) is 3.93. The van der Waals surface area contributed by atoms with Crippen molar-refractivity contribution in [1.82, 2.24) is 24.9 Å². The Morgan fingerprint density at radius 1 is 1.47 bits per heavy atom. The predicted octanol–water partition coefficient (Wildman–Crippen LogP) is -0.144. The average Bonchev–Trinajstić information content (AvgIpc) is 2.85. The molecular weight excluding hydrogens is 220 g/mol. The van der Waals surface area contributed by atoms with Crippen LogP contribution in [0.15, 0.2) is 12.3 Å². The summed E-state index contributed by atoms with van der Waals surface area (Å²) in [5.41, 5.74) is 7.54. The Hall–Kier alpha value is -2.31. The lowest BCUT2D eigenvalue weighted by molar-refractivity contribution is 0.0957. The summed E-state index contributed by atoms with van der Waals surface area (Å²) in [6, 6.07) is 1.63. The maximum atomic E-state index is 11.4. The molecule has 7 heteroatoms. The molecule has 0 saturated heterocycles. The zero-order chi connectivity index (χ0) is 12.6. The van der Waals surface area contributed by atoms with Crippen LogP contribution < -0.4 is 11.1 Å². The molecule has 0 spiro atoms. The summed E-state index contributed by atoms with van der Waals surface area (Å²) in [6.07, 6.45) is 1.68. The summed E-state index contributed by atoms with van der Waals surface area (Å²) in [5.74, 6) is 0.416. The molecule has 0 bridgehead atoms. The van der Waals surface area contributed by atoms with E-state index in [-0.39, 0.29) is 5.91 Å². The van der Waals surface area contributed by atoms with Crippen LogP contribution in [0.4, 0.5) is 5.69 Å². The number of rotatable bonds is 2. The van der Waals surface area contributed by atoms with E-state index in [0.29, 0.717) is 17.2 Å². The highest BCUT2D eigenvalue weighted by molar-refractivity contribution is 5.91. The van der Waals surface area contributed by atoms with Crippen molar-refractivity contribution in [1.29, 1.82) is 0 Å². The molecule has 7 nitrogen and oxygen atoms in total. The van der Waals surface area contributed by atoms with Crippen LogP contribution in [0.1, 0.15) is 16.2 Å². The van der Waals surface area contributed by atoms with Gasteiger partial charge in [0.1, 0.15) is 0 Å². The third kappa shape index (κ3) is 1.75. The van der Waals surface area contributed by atoms with Crippen LogP contribution in [0.2, 0.25) is 0 Å². The first-order valence-electron chi connectivity index (χ1n) is 5.11. The molecule has 2 rings (SSSR count). The predicted molar refractivity (Wildman–Crippen MR) is 62.9 cm³/mol. The van der Waals surface area contributed by atoms with Gasteiger partial charge in [-0.3, -0.25) is 4.79 Å². The molecule has 0 aliphatic rings. The Balaban J connectivity index is 2.47. The molecule has 2 heterocycles. The molecule has 0 fully saturated rings. The lowest BCUT2D eigenvalue weighted by Crippen LogP contribution is -2.18. The first-order valence-corrected chi connectivity index (χ1v) is 5.11. The van der Waals surface area contributed by atoms with Crippen LogP contribution in [0.25, 0.3) is 5.82 Å². The van der Waals surface area contributed by atoms with Gasteiger partial charge >= 0.3 is 0 Å². The van der Waals surface area contributed by atoms with E-state index in [1.165, 1.54) is 0 Å². The standard InChI is InChI=1S/C10H14N6O/c1-6-8(11)10(15(3)13-6)16-5-4-7(14-16)9(17)12-2/h4-5H,11H2,1-3H3,(H,12,17). The van der Waals surface area contributed by atoms with E-state index < -0.39 is 0 Å². The zero-order valence-corrected chi connectivity index (χ0v) is 9.93. The van der Waals surface area contributed by atoms with Gasteiger partial charge in [-0.05, 0) is 13.0 Å². The number of nitrogens with one attached hydrogen (secondary N) is 1. The number of nitrogens with zero attached hydrogens (tertiary/aromatic N) is 4. The molecule has 0 atom stereocenters. The van der Waals surface area contributed by atoms with Crippen LogP contribution in [0.3, 0.4) is 0 Å². The number of aromatic nitrogens is 4. The van der Waals surface area contributed by atoms with E-state index in [2.05, 4.69) is 15.5 Å². The number of amides is 1. The maximum absolute atomic E-state index is 11.4. The maximum Gasteiger partial charge on any atom is 0.271 e. The summed E-state index contributed by atoms with van der Waals surface area (Å²) < 4.78 is 3.17. The summed E-state index contributed by atoms with van der Waals surface area (Å²) >= 11 is 0. The fraction of sp³-hybridized carbons (Fsp3) is 0.300. The lowest BCUT2D eigenvalue weighted by atomic mass is 10.4. The number of nitrogens with two attached hydrogens (primary N) is 1. The van der Waals surface area contributed by atoms with E-state index in [1.54, 1.807) is 35.7 Å². The first kappa shape index (κ1) is 11.2. The fourth-order valence-electron chi connectivity index (χ4n) is 1.63. The highest BCUT2D eigenvalue weighted by atomic mass is 16.1. The Kier molecular flexibility index (Phi) is 2.58. The molecule has 2 aromatic heterocycles. The van der Waals surface area contributed by atoms with E-state index >= 15 is 0 Å². The smallest absolute Gasteiger partial charge is 0.271 e. The van der Waals surface area contributed by atoms with Crippen molar-refractivity contribution in [2.45, 2.75) is 6.92 Å².